The van der Waals surface area contributed by atoms with E-state index in [0.717, 1.165) is 30.4 Å². The van der Waals surface area contributed by atoms with Crippen LogP contribution in [-0.2, 0) is 10.2 Å². The van der Waals surface area contributed by atoms with Gasteiger partial charge in [-0.25, -0.2) is 4.79 Å². The molecule has 2 aromatic rings. The summed E-state index contributed by atoms with van der Waals surface area (Å²) in [7, 11) is 0. The fourth-order valence-electron chi connectivity index (χ4n) is 7.04. The fourth-order valence-corrected chi connectivity index (χ4v) is 7.04. The van der Waals surface area contributed by atoms with E-state index in [1.807, 2.05) is 30.3 Å². The molecule has 0 heterocycles. The van der Waals surface area contributed by atoms with Gasteiger partial charge in [0.25, 0.3) is 0 Å². The normalized spacial score (nSPS) is 26.5. The fraction of sp³-hybridized carbons (Fsp3) is 0.448. The number of hydrogen-bond acceptors (Lipinski definition) is 3. The number of carboxylic acids is 1. The molecule has 2 aromatic carbocycles. The Morgan fingerprint density at radius 1 is 0.971 bits per heavy atom. The maximum atomic E-state index is 12.3. The second kappa shape index (κ2) is 9.18. The van der Waals surface area contributed by atoms with Crippen molar-refractivity contribution in [2.24, 2.45) is 23.5 Å². The molecule has 0 aromatic heterocycles. The molecule has 0 radical (unpaired) electrons. The average molecular weight is 458 g/mol. The number of hydrogen-bond donors (Lipinski definition) is 2. The molecule has 4 aliphatic carbocycles. The zero-order chi connectivity index (χ0) is 23.7. The minimum atomic E-state index is -0.969. The lowest BCUT2D eigenvalue weighted by Gasteiger charge is -2.57. The number of ether oxygens (including phenoxy) is 1. The first-order chi connectivity index (χ1) is 16.4. The van der Waals surface area contributed by atoms with Crippen molar-refractivity contribution in [3.05, 3.63) is 64.7 Å². The van der Waals surface area contributed by atoms with Gasteiger partial charge in [-0.3, -0.25) is 4.79 Å². The van der Waals surface area contributed by atoms with Gasteiger partial charge in [0.1, 0.15) is 5.75 Å². The molecule has 34 heavy (non-hydrogen) atoms. The summed E-state index contributed by atoms with van der Waals surface area (Å²) in [6.45, 7) is 0.361. The van der Waals surface area contributed by atoms with E-state index in [2.05, 4.69) is 11.8 Å². The highest BCUT2D eigenvalue weighted by atomic mass is 16.5. The number of benzene rings is 2. The first kappa shape index (κ1) is 22.5. The van der Waals surface area contributed by atoms with Crippen molar-refractivity contribution in [2.45, 2.75) is 56.8 Å². The number of aromatic carboxylic acids is 1. The van der Waals surface area contributed by atoms with Crippen LogP contribution >= 0.6 is 0 Å². The number of primary amides is 1. The minimum absolute atomic E-state index is 0.0973. The van der Waals surface area contributed by atoms with E-state index in [4.69, 9.17) is 10.5 Å². The van der Waals surface area contributed by atoms with Crippen LogP contribution in [0.3, 0.4) is 0 Å². The van der Waals surface area contributed by atoms with Crippen LogP contribution in [0.5, 0.6) is 5.75 Å². The summed E-state index contributed by atoms with van der Waals surface area (Å²) < 4.78 is 6.24. The molecule has 0 aliphatic heterocycles. The van der Waals surface area contributed by atoms with E-state index >= 15 is 0 Å². The summed E-state index contributed by atoms with van der Waals surface area (Å²) in [6, 6.07) is 13.1. The van der Waals surface area contributed by atoms with Crippen molar-refractivity contribution >= 4 is 11.9 Å². The van der Waals surface area contributed by atoms with E-state index in [9.17, 15) is 14.7 Å². The zero-order valence-electron chi connectivity index (χ0n) is 19.4. The van der Waals surface area contributed by atoms with Gasteiger partial charge >= 0.3 is 5.97 Å². The summed E-state index contributed by atoms with van der Waals surface area (Å²) in [4.78, 5) is 23.5. The number of carbonyl (C=O) groups excluding carboxylic acids is 1. The first-order valence-corrected chi connectivity index (χ1v) is 12.3. The molecule has 1 amide bonds. The van der Waals surface area contributed by atoms with Crippen LogP contribution in [0.1, 0.15) is 78.4 Å². The van der Waals surface area contributed by atoms with Gasteiger partial charge in [0, 0.05) is 28.5 Å². The van der Waals surface area contributed by atoms with Gasteiger partial charge in [-0.2, -0.15) is 0 Å². The van der Waals surface area contributed by atoms with Gasteiger partial charge < -0.3 is 15.6 Å². The summed E-state index contributed by atoms with van der Waals surface area (Å²) >= 11 is 0. The van der Waals surface area contributed by atoms with Crippen LogP contribution in [0.25, 0.3) is 0 Å². The van der Waals surface area contributed by atoms with Crippen LogP contribution in [0.4, 0.5) is 0 Å². The molecule has 5 nitrogen and oxygen atoms in total. The Bertz CT molecular complexity index is 1120. The molecule has 176 valence electrons. The third-order valence-electron chi connectivity index (χ3n) is 7.90. The van der Waals surface area contributed by atoms with E-state index in [-0.39, 0.29) is 23.3 Å². The smallest absolute Gasteiger partial charge is 0.336 e. The van der Waals surface area contributed by atoms with Gasteiger partial charge in [0.2, 0.25) is 5.91 Å². The predicted molar refractivity (Wildman–Crippen MR) is 130 cm³/mol. The second-order valence-corrected chi connectivity index (χ2v) is 10.4. The number of carboxylic acid groups (broad SMARTS) is 1. The Labute approximate surface area is 200 Å². The van der Waals surface area contributed by atoms with E-state index < -0.39 is 5.97 Å². The number of amides is 1. The van der Waals surface area contributed by atoms with Gasteiger partial charge in [-0.05, 0) is 87.0 Å². The van der Waals surface area contributed by atoms with Gasteiger partial charge in [-0.1, -0.05) is 30.0 Å². The van der Waals surface area contributed by atoms with Crippen LogP contribution in [0.15, 0.2) is 42.5 Å². The lowest BCUT2D eigenvalue weighted by molar-refractivity contribution is -0.118. The highest BCUT2D eigenvalue weighted by Gasteiger charge is 2.53. The van der Waals surface area contributed by atoms with Crippen LogP contribution in [-0.4, -0.2) is 23.6 Å². The molecule has 4 aliphatic rings. The molecule has 0 unspecified atom stereocenters. The monoisotopic (exact) mass is 457 g/mol. The Balaban J connectivity index is 1.62. The molecule has 4 saturated carbocycles. The largest absolute Gasteiger partial charge is 0.493 e. The van der Waals surface area contributed by atoms with Gasteiger partial charge in [0.15, 0.2) is 0 Å². The molecule has 4 bridgehead atoms. The summed E-state index contributed by atoms with van der Waals surface area (Å²) in [5, 5.41) is 10.1. The molecule has 0 saturated heterocycles. The summed E-state index contributed by atoms with van der Waals surface area (Å²) in [5.41, 5.74) is 7.86. The Hall–Kier alpha value is -3.26. The topological polar surface area (TPSA) is 89.6 Å². The lowest BCUT2D eigenvalue weighted by Crippen LogP contribution is -2.49. The number of rotatable bonds is 7. The van der Waals surface area contributed by atoms with E-state index in [0.29, 0.717) is 42.1 Å². The summed E-state index contributed by atoms with van der Waals surface area (Å²) in [6.07, 6.45) is 7.87. The molecule has 0 atom stereocenters. The Morgan fingerprint density at radius 3 is 2.21 bits per heavy atom. The van der Waals surface area contributed by atoms with Crippen LogP contribution in [0.2, 0.25) is 0 Å². The predicted octanol–water partition coefficient (Wildman–Crippen LogP) is 4.90. The standard InChI is InChI=1S/C29H31NO4/c30-26(31)7-4-12-34-25-11-10-24(28(32)33)23(9-8-19-5-2-1-3-6-19)27(25)29-16-20-13-21(17-29)15-22(14-20)18-29/h1-3,5-6,10-11,20-22H,4,7,12-18H2,(H2,30,31)(H,32,33). The molecular formula is C29H31NO4. The molecular weight excluding hydrogens is 426 g/mol. The van der Waals surface area contributed by atoms with Crippen molar-refractivity contribution in [1.29, 1.82) is 0 Å². The summed E-state index contributed by atoms with van der Waals surface area (Å²) in [5.74, 6) is 7.95. The van der Waals surface area contributed by atoms with E-state index in [1.54, 1.807) is 12.1 Å². The Morgan fingerprint density at radius 2 is 1.62 bits per heavy atom. The van der Waals surface area contributed by atoms with Crippen molar-refractivity contribution in [1.82, 2.24) is 0 Å². The first-order valence-electron chi connectivity index (χ1n) is 12.3. The quantitative estimate of drug-likeness (QED) is 0.457. The second-order valence-electron chi connectivity index (χ2n) is 10.4. The molecule has 3 N–H and O–H groups in total. The van der Waals surface area contributed by atoms with Crippen molar-refractivity contribution in [3.63, 3.8) is 0 Å². The lowest BCUT2D eigenvalue weighted by atomic mass is 9.47. The molecule has 5 heteroatoms. The third-order valence-corrected chi connectivity index (χ3v) is 7.90. The maximum Gasteiger partial charge on any atom is 0.336 e. The molecule has 0 spiro atoms. The van der Waals surface area contributed by atoms with Crippen LogP contribution < -0.4 is 10.5 Å². The average Bonchev–Trinajstić information content (AvgIpc) is 2.79. The van der Waals surface area contributed by atoms with Crippen molar-refractivity contribution in [3.8, 4) is 17.6 Å². The minimum Gasteiger partial charge on any atom is -0.493 e. The van der Waals surface area contributed by atoms with Crippen LogP contribution in [0, 0.1) is 29.6 Å². The highest BCUT2D eigenvalue weighted by molar-refractivity contribution is 5.92. The van der Waals surface area contributed by atoms with Crippen molar-refractivity contribution < 1.29 is 19.4 Å². The number of carbonyl (C=O) groups is 2. The number of nitrogens with two attached hydrogens (primary N) is 1. The third kappa shape index (κ3) is 4.42. The highest BCUT2D eigenvalue weighted by Crippen LogP contribution is 2.62. The van der Waals surface area contributed by atoms with E-state index in [1.165, 1.54) is 19.3 Å². The molecule has 4 fully saturated rings. The maximum absolute atomic E-state index is 12.3. The SMILES string of the molecule is NC(=O)CCCOc1ccc(C(=O)O)c(C#Cc2ccccc2)c1C12CC3CC(CC(C3)C1)C2. The van der Waals surface area contributed by atoms with Gasteiger partial charge in [0.05, 0.1) is 12.2 Å². The Kier molecular flexibility index (Phi) is 6.08. The zero-order valence-corrected chi connectivity index (χ0v) is 19.4. The van der Waals surface area contributed by atoms with Crippen molar-refractivity contribution in [2.75, 3.05) is 6.61 Å². The molecule has 6 rings (SSSR count). The van der Waals surface area contributed by atoms with Gasteiger partial charge in [-0.15, -0.1) is 0 Å².